The van der Waals surface area contributed by atoms with Gasteiger partial charge in [-0.3, -0.25) is 4.79 Å². The number of benzene rings is 9. The van der Waals surface area contributed by atoms with E-state index in [-0.39, 0.29) is 44.5 Å². The number of aliphatic hydroxyl groups is 5. The molecule has 106 heavy (non-hydrogen) atoms. The van der Waals surface area contributed by atoms with Crippen LogP contribution in [0.2, 0.25) is 0 Å². The number of nitrogens with zero attached hydrogens (tertiary/aromatic N) is 9. The molecule has 0 radical (unpaired) electrons. The molecule has 9 N–H and O–H groups in total. The van der Waals surface area contributed by atoms with Gasteiger partial charge in [0.2, 0.25) is 23.8 Å². The van der Waals surface area contributed by atoms with Crippen LogP contribution >= 0.6 is 35.3 Å². The number of fused-ring (bicyclic) bond motifs is 3. The molecule has 19 nitrogen and oxygen atoms in total. The Labute approximate surface area is 631 Å². The van der Waals surface area contributed by atoms with Crippen LogP contribution < -0.4 is 31.1 Å². The molecule has 0 saturated carbocycles. The number of aromatic nitrogens is 6. The van der Waals surface area contributed by atoms with Gasteiger partial charge in [-0.25, -0.2) is 15.0 Å². The van der Waals surface area contributed by atoms with Crippen molar-refractivity contribution < 1.29 is 30.3 Å². The van der Waals surface area contributed by atoms with Crippen LogP contribution in [0.5, 0.6) is 0 Å². The number of piperidine rings is 2. The van der Waals surface area contributed by atoms with Crippen molar-refractivity contribution in [3.8, 4) is 0 Å². The Kier molecular flexibility index (Phi) is 25.9. The van der Waals surface area contributed by atoms with E-state index in [2.05, 4.69) is 88.4 Å². The van der Waals surface area contributed by atoms with Gasteiger partial charge >= 0.3 is 0 Å². The smallest absolute Gasteiger partial charge is 0.227 e. The van der Waals surface area contributed by atoms with E-state index >= 15 is 0 Å². The highest BCUT2D eigenvalue weighted by Gasteiger charge is 2.32. The fraction of sp³-hybridized carbons (Fsp3) is 0.274. The molecule has 2 unspecified atom stereocenters. The van der Waals surface area contributed by atoms with Crippen LogP contribution in [0.3, 0.4) is 0 Å². The zero-order valence-electron chi connectivity index (χ0n) is 59.3. The van der Waals surface area contributed by atoms with Crippen LogP contribution in [0.4, 0.5) is 35.3 Å². The van der Waals surface area contributed by atoms with Gasteiger partial charge in [-0.1, -0.05) is 181 Å². The molecule has 3 aliphatic heterocycles. The summed E-state index contributed by atoms with van der Waals surface area (Å²) in [4.78, 5) is 55.1. The molecular weight excluding hydrogens is 1380 g/mol. The zero-order valence-corrected chi connectivity index (χ0v) is 61.8. The first-order valence-electron chi connectivity index (χ1n) is 36.3. The van der Waals surface area contributed by atoms with E-state index in [9.17, 15) is 30.3 Å². The molecule has 1 amide bonds. The Balaban J connectivity index is 0.000000142. The maximum absolute atomic E-state index is 13.4. The zero-order chi connectivity index (χ0) is 73.0. The first kappa shape index (κ1) is 74.4. The summed E-state index contributed by atoms with van der Waals surface area (Å²) >= 11 is 4.95. The largest absolute Gasteiger partial charge is 0.394 e. The van der Waals surface area contributed by atoms with Crippen LogP contribution in [0, 0.1) is 5.92 Å². The van der Waals surface area contributed by atoms with Gasteiger partial charge in [0, 0.05) is 110 Å². The Bertz CT molecular complexity index is 4940. The average Bonchev–Trinajstić information content (AvgIpc) is 0.906. The summed E-state index contributed by atoms with van der Waals surface area (Å²) in [6.45, 7) is 8.39. The van der Waals surface area contributed by atoms with Crippen molar-refractivity contribution >= 4 is 109 Å². The van der Waals surface area contributed by atoms with Crippen molar-refractivity contribution in [3.63, 3.8) is 0 Å². The summed E-state index contributed by atoms with van der Waals surface area (Å²) in [5.74, 6) is 4.44. The van der Waals surface area contributed by atoms with Gasteiger partial charge in [0.25, 0.3) is 0 Å². The number of amides is 1. The number of likely N-dealkylation sites (tertiary alicyclic amines) is 1. The highest BCUT2D eigenvalue weighted by Crippen LogP contribution is 2.38. The first-order chi connectivity index (χ1) is 52.1. The third-order valence-corrected chi connectivity index (χ3v) is 22.7. The van der Waals surface area contributed by atoms with Crippen molar-refractivity contribution in [2.24, 2.45) is 5.92 Å². The Morgan fingerprint density at radius 2 is 0.783 bits per heavy atom. The maximum atomic E-state index is 13.4. The third kappa shape index (κ3) is 19.0. The molecule has 22 heteroatoms. The number of nitrogens with one attached hydrogen (secondary N) is 4. The lowest BCUT2D eigenvalue weighted by Crippen LogP contribution is -2.46. The van der Waals surface area contributed by atoms with E-state index in [1.807, 2.05) is 183 Å². The average molecular weight is 1470 g/mol. The van der Waals surface area contributed by atoms with Crippen LogP contribution in [0.25, 0.3) is 32.7 Å². The summed E-state index contributed by atoms with van der Waals surface area (Å²) in [6.07, 6.45) is 5.80. The second-order valence-corrected chi connectivity index (χ2v) is 29.7. The molecule has 3 saturated heterocycles. The van der Waals surface area contributed by atoms with E-state index in [1.165, 1.54) is 6.42 Å². The fourth-order valence-electron chi connectivity index (χ4n) is 13.3. The summed E-state index contributed by atoms with van der Waals surface area (Å²) in [6, 6.07) is 72.3. The summed E-state index contributed by atoms with van der Waals surface area (Å²) in [5.41, 5.74) is 8.72. The number of aliphatic hydroxyl groups excluding tert-OH is 5. The topological polar surface area (TPSA) is 253 Å². The van der Waals surface area contributed by atoms with Crippen LogP contribution in [-0.4, -0.2) is 124 Å². The molecular formula is C84H89N13O6S3. The van der Waals surface area contributed by atoms with E-state index in [0.29, 0.717) is 62.3 Å². The summed E-state index contributed by atoms with van der Waals surface area (Å²) in [7, 11) is 0. The lowest BCUT2D eigenvalue weighted by molar-refractivity contribution is -0.136. The number of para-hydroxylation sites is 3. The second-order valence-electron chi connectivity index (χ2n) is 26.5. The minimum atomic E-state index is -0.319. The first-order valence-corrected chi connectivity index (χ1v) is 38.7. The molecule has 3 fully saturated rings. The molecule has 3 aliphatic rings. The molecule has 12 aromatic rings. The monoisotopic (exact) mass is 1470 g/mol. The summed E-state index contributed by atoms with van der Waals surface area (Å²) < 4.78 is 0. The minimum Gasteiger partial charge on any atom is -0.394 e. The van der Waals surface area contributed by atoms with E-state index in [1.54, 1.807) is 35.3 Å². The molecule has 3 aromatic heterocycles. The van der Waals surface area contributed by atoms with Crippen LogP contribution in [0.1, 0.15) is 78.8 Å². The number of rotatable bonds is 24. The van der Waals surface area contributed by atoms with Gasteiger partial charge in [0.15, 0.2) is 0 Å². The van der Waals surface area contributed by atoms with Crippen molar-refractivity contribution in [2.75, 3.05) is 76.9 Å². The standard InChI is InChI=1S/C33H37N5O2S.C26H26N4O2S.C25H26N4O2S/c39-23-26-12-3-7-17-30(26)41-29-16-6-2-11-24(29)21-34-33-35-28-15-5-4-14-27(28)31(36-33)38-20-10-13-25(22-38)32(40)37-18-8-1-9-19-37;31-17-19-8-2-6-12-24(19)33-23-11-5-1-7-18(23)15-27-26-28-22-10-4-3-9-21(22)25(29-26)30-14-13-20(32)16-30;1-17(15-30)27-24-20-10-4-5-11-21(20)28-25(29-24)26-14-18-8-2-6-12-22(18)32-23-13-7-3-9-19(23)16-31/h2-7,11-12,14-17,25,39H,1,8-10,13,18-23H2,(H,34,35,36);1-12,20,31-32H,13-17H2,(H,27,28,29);2-13,17,30-31H,14-16H2,1H3,(H2,26,27,28,29)/t;20-;/m.1./s1. The Morgan fingerprint density at radius 3 is 1.20 bits per heavy atom. The molecule has 544 valence electrons. The molecule has 15 rings (SSSR count). The summed E-state index contributed by atoms with van der Waals surface area (Å²) in [5, 5.41) is 65.0. The number of hydrogen-bond acceptors (Lipinski definition) is 21. The predicted molar refractivity (Wildman–Crippen MR) is 428 cm³/mol. The second kappa shape index (κ2) is 36.9. The number of hydrogen-bond donors (Lipinski definition) is 9. The van der Waals surface area contributed by atoms with E-state index in [4.69, 9.17) is 19.9 Å². The van der Waals surface area contributed by atoms with E-state index in [0.717, 1.165) is 165 Å². The van der Waals surface area contributed by atoms with Gasteiger partial charge in [-0.2, -0.15) is 15.0 Å². The molecule has 6 heterocycles. The number of anilines is 6. The molecule has 0 aliphatic carbocycles. The minimum absolute atomic E-state index is 0.0105. The molecule has 0 bridgehead atoms. The van der Waals surface area contributed by atoms with Gasteiger partial charge < -0.3 is 61.5 Å². The highest BCUT2D eigenvalue weighted by atomic mass is 32.2. The predicted octanol–water partition coefficient (Wildman–Crippen LogP) is 15.2. The van der Waals surface area contributed by atoms with Gasteiger partial charge in [-0.05, 0) is 152 Å². The highest BCUT2D eigenvalue weighted by molar-refractivity contribution is 8.00. The molecule has 0 spiro atoms. The van der Waals surface area contributed by atoms with Gasteiger partial charge in [-0.15, -0.1) is 0 Å². The third-order valence-electron chi connectivity index (χ3n) is 18.9. The van der Waals surface area contributed by atoms with Crippen LogP contribution in [-0.2, 0) is 44.2 Å². The number of carbonyl (C=O) groups is 1. The fourth-order valence-corrected chi connectivity index (χ4v) is 16.5. The normalized spacial score (nSPS) is 15.3. The number of carbonyl (C=O) groups excluding carboxylic acids is 1. The van der Waals surface area contributed by atoms with Crippen LogP contribution in [0.15, 0.2) is 248 Å². The quantitative estimate of drug-likeness (QED) is 0.0273. The molecule has 3 atom stereocenters. The van der Waals surface area contributed by atoms with Crippen molar-refractivity contribution in [1.29, 1.82) is 0 Å². The lowest BCUT2D eigenvalue weighted by atomic mass is 9.95. The van der Waals surface area contributed by atoms with Crippen molar-refractivity contribution in [3.05, 3.63) is 252 Å². The van der Waals surface area contributed by atoms with Crippen molar-refractivity contribution in [1.82, 2.24) is 34.8 Å². The molecule has 9 aromatic carbocycles. The van der Waals surface area contributed by atoms with Gasteiger partial charge in [0.1, 0.15) is 17.5 Å². The van der Waals surface area contributed by atoms with Crippen molar-refractivity contribution in [2.45, 2.75) is 126 Å². The maximum Gasteiger partial charge on any atom is 0.227 e. The Morgan fingerprint density at radius 1 is 0.415 bits per heavy atom. The Hall–Kier alpha value is -9.88. The SMILES string of the molecule is CC(CO)Nc1nc(NCc2ccccc2Sc2ccccc2CO)nc2ccccc12.O=C(C1CCCN(c2nc(NCc3ccccc3Sc3ccccc3CO)nc3ccccc23)C1)N1CCCCC1.OCc1ccccc1Sc1ccccc1CNc1nc(N2CC[C@@H](O)C2)c2ccccc2n1. The number of β-amino-alcohol motifs (C(OH)–C–C–N with tert-alkyl or cyclic N) is 1. The van der Waals surface area contributed by atoms with E-state index < -0.39 is 0 Å². The lowest BCUT2D eigenvalue weighted by Gasteiger charge is -2.37. The van der Waals surface area contributed by atoms with Gasteiger partial charge in [0.05, 0.1) is 55.0 Å².